The number of ketones is 1. The monoisotopic (exact) mass is 208 g/mol. The number of nitriles is 1. The van der Waals surface area contributed by atoms with Crippen LogP contribution < -0.4 is 5.32 Å². The highest BCUT2D eigenvalue weighted by Gasteiger charge is 2.26. The fraction of sp³-hybridized carbons (Fsp3) is 0.700. The molecular weight excluding hydrogens is 192 g/mol. The second-order valence-corrected chi connectivity index (χ2v) is 4.54. The molecule has 82 valence electrons. The average Bonchev–Trinajstić information content (AvgIpc) is 2.52. The van der Waals surface area contributed by atoms with Crippen LogP contribution in [0, 0.1) is 16.9 Å². The van der Waals surface area contributed by atoms with Gasteiger partial charge in [0.05, 0.1) is 13.1 Å². The minimum absolute atomic E-state index is 0.150. The second-order valence-electron chi connectivity index (χ2n) is 4.54. The van der Waals surface area contributed by atoms with E-state index in [0.717, 1.165) is 0 Å². The molecule has 0 saturated heterocycles. The summed E-state index contributed by atoms with van der Waals surface area (Å²) < 4.78 is 0. The van der Waals surface area contributed by atoms with Crippen LogP contribution in [0.25, 0.3) is 0 Å². The van der Waals surface area contributed by atoms with E-state index in [0.29, 0.717) is 25.6 Å². The highest BCUT2D eigenvalue weighted by molar-refractivity contribution is 5.91. The number of nitrogens with one attached hydrogen (secondary N) is 1. The summed E-state index contributed by atoms with van der Waals surface area (Å²) in [7, 11) is 0. The van der Waals surface area contributed by atoms with E-state index in [2.05, 4.69) is 10.3 Å². The maximum Gasteiger partial charge on any atom is 0.207 e. The van der Waals surface area contributed by atoms with E-state index in [1.165, 1.54) is 0 Å². The zero-order valence-corrected chi connectivity index (χ0v) is 9.37. The molecule has 0 aromatic heterocycles. The third-order valence-electron chi connectivity index (χ3n) is 2.27. The highest BCUT2D eigenvalue weighted by Crippen LogP contribution is 2.15. The van der Waals surface area contributed by atoms with Crippen LogP contribution in [-0.4, -0.2) is 36.3 Å². The predicted molar refractivity (Wildman–Crippen MR) is 57.1 cm³/mol. The lowest BCUT2D eigenvalue weighted by atomic mass is 9.90. The molecule has 1 heterocycles. The molecule has 1 aliphatic rings. The van der Waals surface area contributed by atoms with Crippen LogP contribution in [0.15, 0.2) is 4.99 Å². The van der Waals surface area contributed by atoms with Crippen LogP contribution in [0.3, 0.4) is 0 Å². The molecular formula is C10H16N4O. The van der Waals surface area contributed by atoms with Crippen LogP contribution in [-0.2, 0) is 4.79 Å². The Morgan fingerprint density at radius 2 is 2.33 bits per heavy atom. The van der Waals surface area contributed by atoms with Crippen molar-refractivity contribution in [2.75, 3.05) is 19.6 Å². The molecule has 0 spiro atoms. The van der Waals surface area contributed by atoms with Gasteiger partial charge in [-0.05, 0) is 0 Å². The van der Waals surface area contributed by atoms with E-state index < -0.39 is 0 Å². The predicted octanol–water partition coefficient (Wildman–Crippen LogP) is 0.344. The van der Waals surface area contributed by atoms with Gasteiger partial charge in [-0.3, -0.25) is 15.1 Å². The standard InChI is InChI=1S/C10H16N4O/c1-10(2,3)8(15)6-14-5-4-12-9(14)13-7-11/h4-6H2,1-3H3,(H,12,13). The fourth-order valence-corrected chi connectivity index (χ4v) is 1.22. The molecule has 0 aliphatic carbocycles. The first-order chi connectivity index (χ1) is 6.95. The van der Waals surface area contributed by atoms with E-state index >= 15 is 0 Å². The maximum absolute atomic E-state index is 11.8. The van der Waals surface area contributed by atoms with Crippen LogP contribution in [0.1, 0.15) is 20.8 Å². The summed E-state index contributed by atoms with van der Waals surface area (Å²) in [5.74, 6) is 0.659. The molecule has 1 N–H and O–H groups in total. The Kier molecular flexibility index (Phi) is 3.30. The summed E-state index contributed by atoms with van der Waals surface area (Å²) in [5, 5.41) is 11.0. The molecule has 0 amide bonds. The van der Waals surface area contributed by atoms with Crippen LogP contribution >= 0.6 is 0 Å². The molecule has 0 unspecified atom stereocenters. The van der Waals surface area contributed by atoms with E-state index in [1.807, 2.05) is 27.0 Å². The third kappa shape index (κ3) is 2.94. The molecule has 5 heteroatoms. The van der Waals surface area contributed by atoms with Gasteiger partial charge in [-0.1, -0.05) is 20.8 Å². The lowest BCUT2D eigenvalue weighted by molar-refractivity contribution is -0.126. The van der Waals surface area contributed by atoms with Gasteiger partial charge >= 0.3 is 0 Å². The van der Waals surface area contributed by atoms with Gasteiger partial charge in [0.15, 0.2) is 12.0 Å². The van der Waals surface area contributed by atoms with Crippen molar-refractivity contribution in [2.24, 2.45) is 10.4 Å². The molecule has 0 bridgehead atoms. The second kappa shape index (κ2) is 4.30. The SMILES string of the molecule is CC(C)(C)C(=O)CN1CCN=C1NC#N. The number of nitrogens with zero attached hydrogens (tertiary/aromatic N) is 3. The summed E-state index contributed by atoms with van der Waals surface area (Å²) in [5.41, 5.74) is -0.347. The molecule has 0 fully saturated rings. The summed E-state index contributed by atoms with van der Waals surface area (Å²) in [6.07, 6.45) is 1.82. The number of carbonyl (C=O) groups excluding carboxylic acids is 1. The van der Waals surface area contributed by atoms with Crippen LogP contribution in [0.5, 0.6) is 0 Å². The lowest BCUT2D eigenvalue weighted by Gasteiger charge is -2.23. The minimum Gasteiger partial charge on any atom is -0.333 e. The van der Waals surface area contributed by atoms with E-state index in [9.17, 15) is 4.79 Å². The summed E-state index contributed by atoms with van der Waals surface area (Å²) in [4.78, 5) is 17.7. The number of hydrogen-bond donors (Lipinski definition) is 1. The molecule has 0 radical (unpaired) electrons. The topological polar surface area (TPSA) is 68.5 Å². The van der Waals surface area contributed by atoms with Crippen molar-refractivity contribution in [2.45, 2.75) is 20.8 Å². The lowest BCUT2D eigenvalue weighted by Crippen LogP contribution is -2.42. The van der Waals surface area contributed by atoms with Gasteiger partial charge in [0.25, 0.3) is 0 Å². The number of rotatable bonds is 2. The normalized spacial score (nSPS) is 15.9. The first-order valence-electron chi connectivity index (χ1n) is 4.93. The fourth-order valence-electron chi connectivity index (χ4n) is 1.22. The van der Waals surface area contributed by atoms with Crippen molar-refractivity contribution in [1.29, 1.82) is 5.26 Å². The van der Waals surface area contributed by atoms with Crippen LogP contribution in [0.2, 0.25) is 0 Å². The van der Waals surface area contributed by atoms with Crippen molar-refractivity contribution in [3.63, 3.8) is 0 Å². The Labute approximate surface area is 89.8 Å². The Balaban J connectivity index is 2.57. The summed E-state index contributed by atoms with van der Waals surface area (Å²) >= 11 is 0. The average molecular weight is 208 g/mol. The molecule has 5 nitrogen and oxygen atoms in total. The van der Waals surface area contributed by atoms with Crippen molar-refractivity contribution in [3.8, 4) is 6.19 Å². The zero-order valence-electron chi connectivity index (χ0n) is 9.37. The summed E-state index contributed by atoms with van der Waals surface area (Å²) in [6.45, 7) is 7.32. The number of hydrogen-bond acceptors (Lipinski definition) is 5. The van der Waals surface area contributed by atoms with Crippen molar-refractivity contribution >= 4 is 11.7 Å². The molecule has 1 aliphatic heterocycles. The third-order valence-corrected chi connectivity index (χ3v) is 2.27. The molecule has 0 atom stereocenters. The molecule has 15 heavy (non-hydrogen) atoms. The van der Waals surface area contributed by atoms with Gasteiger partial charge in [0.2, 0.25) is 5.96 Å². The van der Waals surface area contributed by atoms with Crippen LogP contribution in [0.4, 0.5) is 0 Å². The van der Waals surface area contributed by atoms with Gasteiger partial charge in [0, 0.05) is 12.0 Å². The highest BCUT2D eigenvalue weighted by atomic mass is 16.1. The Morgan fingerprint density at radius 1 is 1.67 bits per heavy atom. The van der Waals surface area contributed by atoms with Gasteiger partial charge in [0.1, 0.15) is 0 Å². The Bertz CT molecular complexity index is 321. The van der Waals surface area contributed by atoms with Gasteiger partial charge in [-0.25, -0.2) is 0 Å². The minimum atomic E-state index is -0.347. The van der Waals surface area contributed by atoms with Gasteiger partial charge in [-0.2, -0.15) is 5.26 Å². The van der Waals surface area contributed by atoms with Gasteiger partial charge in [-0.15, -0.1) is 0 Å². The van der Waals surface area contributed by atoms with Crippen molar-refractivity contribution in [1.82, 2.24) is 10.2 Å². The zero-order chi connectivity index (χ0) is 11.5. The molecule has 0 aromatic rings. The van der Waals surface area contributed by atoms with Crippen molar-refractivity contribution < 1.29 is 4.79 Å². The molecule has 1 rings (SSSR count). The summed E-state index contributed by atoms with van der Waals surface area (Å²) in [6, 6.07) is 0. The maximum atomic E-state index is 11.8. The quantitative estimate of drug-likeness (QED) is 0.525. The molecule has 0 saturated carbocycles. The van der Waals surface area contributed by atoms with E-state index in [-0.39, 0.29) is 11.2 Å². The number of carbonyl (C=O) groups is 1. The Morgan fingerprint density at radius 3 is 2.87 bits per heavy atom. The van der Waals surface area contributed by atoms with Gasteiger partial charge < -0.3 is 4.90 Å². The smallest absolute Gasteiger partial charge is 0.207 e. The van der Waals surface area contributed by atoms with E-state index in [1.54, 1.807) is 4.90 Å². The number of aliphatic imine (C=N–C) groups is 1. The Hall–Kier alpha value is -1.57. The first kappa shape index (κ1) is 11.5. The number of guanidine groups is 1. The largest absolute Gasteiger partial charge is 0.333 e. The first-order valence-corrected chi connectivity index (χ1v) is 4.93. The van der Waals surface area contributed by atoms with Crippen molar-refractivity contribution in [3.05, 3.63) is 0 Å². The number of Topliss-reactive ketones (excluding diaryl/α,β-unsaturated/α-hetero) is 1. The molecule has 0 aromatic carbocycles. The van der Waals surface area contributed by atoms with E-state index in [4.69, 9.17) is 5.26 Å².